The van der Waals surface area contributed by atoms with Gasteiger partial charge in [0.1, 0.15) is 0 Å². The number of unbranched alkanes of at least 4 members (excludes halogenated alkanes) is 1. The Bertz CT molecular complexity index is 83.7. The molecule has 0 aromatic carbocycles. The average Bonchev–Trinajstić information content (AvgIpc) is 1.84. The Morgan fingerprint density at radius 2 is 1.60 bits per heavy atom. The molecule has 10 heavy (non-hydrogen) atoms. The molecular weight excluding hydrogens is 183 g/mol. The van der Waals surface area contributed by atoms with E-state index in [1.165, 1.54) is 12.8 Å². The van der Waals surface area contributed by atoms with E-state index in [0.717, 1.165) is 18.5 Å². The molecule has 0 saturated carbocycles. The third-order valence-electron chi connectivity index (χ3n) is 1.51. The predicted molar refractivity (Wildman–Crippen MR) is 52.3 cm³/mol. The normalized spacial score (nSPS) is 12.0. The van der Waals surface area contributed by atoms with Gasteiger partial charge in [0.25, 0.3) is 6.69 Å². The summed E-state index contributed by atoms with van der Waals surface area (Å²) in [5.41, 5.74) is 0. The van der Waals surface area contributed by atoms with Gasteiger partial charge in [0.15, 0.2) is 0 Å². The maximum absolute atomic E-state index is 6.12. The minimum Gasteiger partial charge on any atom is -0.146 e. The Labute approximate surface area is 74.3 Å². The maximum Gasteiger partial charge on any atom is 0.251 e. The molecule has 3 heteroatoms. The Hall–Kier alpha value is 0.797. The van der Waals surface area contributed by atoms with Crippen molar-refractivity contribution in [2.24, 2.45) is 0 Å². The fourth-order valence-corrected chi connectivity index (χ4v) is 4.71. The third kappa shape index (κ3) is 5.57. The van der Waals surface area contributed by atoms with E-state index in [-0.39, 0.29) is 0 Å². The highest BCUT2D eigenvalue weighted by molar-refractivity contribution is 7.45. The van der Waals surface area contributed by atoms with E-state index in [9.17, 15) is 0 Å². The molecule has 0 aromatic rings. The van der Waals surface area contributed by atoms with E-state index in [1.54, 1.807) is 0 Å². The molecule has 0 rings (SSSR count). The van der Waals surface area contributed by atoms with Gasteiger partial charge in [-0.2, -0.15) is 0 Å². The molecule has 62 valence electrons. The molecule has 0 N–H and O–H groups in total. The van der Waals surface area contributed by atoms with Crippen LogP contribution in [0.4, 0.5) is 0 Å². The summed E-state index contributed by atoms with van der Waals surface area (Å²) in [6.07, 6.45) is 3.53. The quantitative estimate of drug-likeness (QED) is 0.461. The van der Waals surface area contributed by atoms with Crippen LogP contribution in [-0.2, 0) is 0 Å². The minimum atomic E-state index is -1.78. The van der Waals surface area contributed by atoms with Crippen molar-refractivity contribution in [3.8, 4) is 0 Å². The van der Waals surface area contributed by atoms with E-state index in [2.05, 4.69) is 13.8 Å². The second-order valence-electron chi connectivity index (χ2n) is 2.71. The lowest BCUT2D eigenvalue weighted by atomic mass is 10.4. The second kappa shape index (κ2) is 5.45. The molecule has 0 fully saturated rings. The van der Waals surface area contributed by atoms with Crippen molar-refractivity contribution < 1.29 is 0 Å². The van der Waals surface area contributed by atoms with E-state index in [4.69, 9.17) is 22.2 Å². The number of rotatable bonds is 5. The molecule has 0 spiro atoms. The van der Waals surface area contributed by atoms with E-state index in [1.807, 2.05) is 0 Å². The second-order valence-corrected chi connectivity index (χ2v) is 10.3. The van der Waals surface area contributed by atoms with Crippen molar-refractivity contribution in [2.75, 3.05) is 0 Å². The highest BCUT2D eigenvalue weighted by atomic mass is 35.7. The maximum atomic E-state index is 6.12. The van der Waals surface area contributed by atoms with Gasteiger partial charge in [-0.05, 0) is 12.1 Å². The van der Waals surface area contributed by atoms with Crippen LogP contribution in [0.1, 0.15) is 33.1 Å². The Morgan fingerprint density at radius 1 is 1.00 bits per heavy atom. The van der Waals surface area contributed by atoms with Crippen LogP contribution in [0.25, 0.3) is 0 Å². The highest BCUT2D eigenvalue weighted by Crippen LogP contribution is 2.28. The number of hydrogen-bond acceptors (Lipinski definition) is 0. The fourth-order valence-electron chi connectivity index (χ4n) is 0.926. The first kappa shape index (κ1) is 10.8. The summed E-state index contributed by atoms with van der Waals surface area (Å²) < 4.78 is 0. The van der Waals surface area contributed by atoms with Crippen LogP contribution in [0.15, 0.2) is 0 Å². The van der Waals surface area contributed by atoms with Crippen molar-refractivity contribution in [3.05, 3.63) is 0 Å². The lowest BCUT2D eigenvalue weighted by Gasteiger charge is -2.13. The summed E-state index contributed by atoms with van der Waals surface area (Å²) in [4.78, 5) is 0. The Kier molecular flexibility index (Phi) is 5.88. The molecule has 0 aromatic heterocycles. The van der Waals surface area contributed by atoms with Gasteiger partial charge >= 0.3 is 0 Å². The SMILES string of the molecule is CCCC[Si](Cl)(Cl)CCC. The molecule has 0 bridgehead atoms. The van der Waals surface area contributed by atoms with Crippen molar-refractivity contribution in [2.45, 2.75) is 45.2 Å². The van der Waals surface area contributed by atoms with Crippen molar-refractivity contribution in [3.63, 3.8) is 0 Å². The molecule has 0 heterocycles. The largest absolute Gasteiger partial charge is 0.251 e. The summed E-state index contributed by atoms with van der Waals surface area (Å²) in [5, 5.41) is 0. The summed E-state index contributed by atoms with van der Waals surface area (Å²) in [6.45, 7) is 2.53. The van der Waals surface area contributed by atoms with Gasteiger partial charge in [0.2, 0.25) is 0 Å². The van der Waals surface area contributed by atoms with Crippen LogP contribution < -0.4 is 0 Å². The van der Waals surface area contributed by atoms with Crippen molar-refractivity contribution >= 4 is 28.9 Å². The predicted octanol–water partition coefficient (Wildman–Crippen LogP) is 4.12. The average molecular weight is 199 g/mol. The van der Waals surface area contributed by atoms with E-state index < -0.39 is 6.69 Å². The molecule has 0 saturated heterocycles. The summed E-state index contributed by atoms with van der Waals surface area (Å²) in [7, 11) is 0. The highest BCUT2D eigenvalue weighted by Gasteiger charge is 2.25. The van der Waals surface area contributed by atoms with Crippen LogP contribution in [0, 0.1) is 0 Å². The van der Waals surface area contributed by atoms with Gasteiger partial charge < -0.3 is 0 Å². The third-order valence-corrected chi connectivity index (χ3v) is 6.10. The first-order chi connectivity index (χ1) is 4.62. The summed E-state index contributed by atoms with van der Waals surface area (Å²) in [5.74, 6) is 0. The van der Waals surface area contributed by atoms with Crippen LogP contribution in [0.5, 0.6) is 0 Å². The van der Waals surface area contributed by atoms with Crippen molar-refractivity contribution in [1.82, 2.24) is 0 Å². The standard InChI is InChI=1S/C7H16Cl2Si/c1-3-5-7-10(8,9)6-4-2/h3-7H2,1-2H3. The molecule has 0 radical (unpaired) electrons. The van der Waals surface area contributed by atoms with Crippen LogP contribution in [0.2, 0.25) is 12.1 Å². The van der Waals surface area contributed by atoms with Crippen LogP contribution in [-0.4, -0.2) is 6.69 Å². The first-order valence-corrected chi connectivity index (χ1v) is 8.44. The molecule has 0 aliphatic rings. The zero-order valence-electron chi connectivity index (χ0n) is 6.79. The smallest absolute Gasteiger partial charge is 0.146 e. The van der Waals surface area contributed by atoms with Gasteiger partial charge in [-0.15, -0.1) is 22.2 Å². The zero-order valence-corrected chi connectivity index (χ0v) is 9.30. The summed E-state index contributed by atoms with van der Waals surface area (Å²) in [6, 6.07) is 2.12. The van der Waals surface area contributed by atoms with E-state index >= 15 is 0 Å². The Balaban J connectivity index is 3.42. The van der Waals surface area contributed by atoms with E-state index in [0.29, 0.717) is 0 Å². The van der Waals surface area contributed by atoms with Gasteiger partial charge in [0, 0.05) is 0 Å². The van der Waals surface area contributed by atoms with Gasteiger partial charge in [-0.3, -0.25) is 0 Å². The number of hydrogen-bond donors (Lipinski definition) is 0. The lowest BCUT2D eigenvalue weighted by Crippen LogP contribution is -2.17. The number of halogens is 2. The molecule has 0 unspecified atom stereocenters. The topological polar surface area (TPSA) is 0 Å². The van der Waals surface area contributed by atoms with Crippen molar-refractivity contribution in [1.29, 1.82) is 0 Å². The molecule has 0 nitrogen and oxygen atoms in total. The van der Waals surface area contributed by atoms with Gasteiger partial charge in [-0.1, -0.05) is 33.1 Å². The fraction of sp³-hybridized carbons (Fsp3) is 1.00. The monoisotopic (exact) mass is 198 g/mol. The molecule has 0 aliphatic heterocycles. The van der Waals surface area contributed by atoms with Gasteiger partial charge in [-0.25, -0.2) is 0 Å². The Morgan fingerprint density at radius 3 is 2.00 bits per heavy atom. The van der Waals surface area contributed by atoms with Gasteiger partial charge in [0.05, 0.1) is 0 Å². The minimum absolute atomic E-state index is 1.05. The summed E-state index contributed by atoms with van der Waals surface area (Å²) >= 11 is 12.2. The molecule has 0 aliphatic carbocycles. The molecule has 0 amide bonds. The first-order valence-electron chi connectivity index (χ1n) is 4.00. The van der Waals surface area contributed by atoms with Crippen LogP contribution in [0.3, 0.4) is 0 Å². The molecule has 0 atom stereocenters. The zero-order chi connectivity index (χ0) is 8.04. The lowest BCUT2D eigenvalue weighted by molar-refractivity contribution is 0.869. The van der Waals surface area contributed by atoms with Crippen LogP contribution >= 0.6 is 22.2 Å². The molecular formula is C7H16Cl2Si.